The van der Waals surface area contributed by atoms with Gasteiger partial charge >= 0.3 is 0 Å². The highest BCUT2D eigenvalue weighted by Crippen LogP contribution is 2.42. The highest BCUT2D eigenvalue weighted by atomic mass is 35.5. The number of piperidine rings is 1. The van der Waals surface area contributed by atoms with Crippen LogP contribution in [0, 0.1) is 5.41 Å². The molecule has 1 aliphatic heterocycles. The summed E-state index contributed by atoms with van der Waals surface area (Å²) in [6.07, 6.45) is 2.50. The Balaban J connectivity index is 2.03. The monoisotopic (exact) mass is 280 g/mol. The molecule has 0 amide bonds. The third-order valence-corrected chi connectivity index (χ3v) is 5.08. The summed E-state index contributed by atoms with van der Waals surface area (Å²) in [6.45, 7) is 5.73. The molecule has 4 heteroatoms. The minimum Gasteiger partial charge on any atom is -0.307 e. The highest BCUT2D eigenvalue weighted by molar-refractivity contribution is 7.18. The molecular weight excluding hydrogens is 264 g/mol. The molecule has 96 valence electrons. The second-order valence-corrected chi connectivity index (χ2v) is 7.14. The van der Waals surface area contributed by atoms with Crippen LogP contribution in [0.4, 0.5) is 0 Å². The van der Waals surface area contributed by atoms with E-state index in [1.54, 1.807) is 11.3 Å². The first-order valence-corrected chi connectivity index (χ1v) is 7.55. The molecule has 1 aromatic heterocycles. The molecule has 2 nitrogen and oxygen atoms in total. The lowest BCUT2D eigenvalue weighted by Gasteiger charge is -2.38. The zero-order valence-electron chi connectivity index (χ0n) is 10.7. The van der Waals surface area contributed by atoms with Gasteiger partial charge in [0.05, 0.1) is 16.3 Å². The standard InChI is InChI=1S/C14H17ClN2S/c1-14(2)6-3-7-16-12(14)13-17-10-8-9(15)4-5-11(10)18-13/h4-5,8,12,16H,3,6-7H2,1-2H3. The summed E-state index contributed by atoms with van der Waals surface area (Å²) in [5, 5.41) is 5.57. The van der Waals surface area contributed by atoms with E-state index < -0.39 is 0 Å². The van der Waals surface area contributed by atoms with Crippen molar-refractivity contribution in [2.45, 2.75) is 32.7 Å². The van der Waals surface area contributed by atoms with Gasteiger partial charge in [0.25, 0.3) is 0 Å². The van der Waals surface area contributed by atoms with Crippen molar-refractivity contribution < 1.29 is 0 Å². The van der Waals surface area contributed by atoms with Gasteiger partial charge in [-0.05, 0) is 43.0 Å². The fourth-order valence-corrected chi connectivity index (χ4v) is 4.08. The number of thiazole rings is 1. The van der Waals surface area contributed by atoms with Crippen molar-refractivity contribution in [3.05, 3.63) is 28.2 Å². The van der Waals surface area contributed by atoms with Crippen molar-refractivity contribution in [1.29, 1.82) is 0 Å². The Hall–Kier alpha value is -0.640. The summed E-state index contributed by atoms with van der Waals surface area (Å²) in [5.41, 5.74) is 1.29. The topological polar surface area (TPSA) is 24.9 Å². The van der Waals surface area contributed by atoms with Crippen LogP contribution in [-0.2, 0) is 0 Å². The van der Waals surface area contributed by atoms with E-state index >= 15 is 0 Å². The van der Waals surface area contributed by atoms with Crippen molar-refractivity contribution in [2.75, 3.05) is 6.54 Å². The van der Waals surface area contributed by atoms with Crippen molar-refractivity contribution in [3.63, 3.8) is 0 Å². The fourth-order valence-electron chi connectivity index (χ4n) is 2.67. The van der Waals surface area contributed by atoms with Gasteiger partial charge in [-0.1, -0.05) is 25.4 Å². The molecular formula is C14H17ClN2S. The van der Waals surface area contributed by atoms with Crippen molar-refractivity contribution in [1.82, 2.24) is 10.3 Å². The van der Waals surface area contributed by atoms with E-state index in [0.717, 1.165) is 17.1 Å². The van der Waals surface area contributed by atoms with Gasteiger partial charge < -0.3 is 5.32 Å². The molecule has 18 heavy (non-hydrogen) atoms. The maximum atomic E-state index is 6.02. The first-order chi connectivity index (χ1) is 8.56. The Morgan fingerprint density at radius 2 is 2.28 bits per heavy atom. The highest BCUT2D eigenvalue weighted by Gasteiger charge is 2.35. The smallest absolute Gasteiger partial charge is 0.111 e. The van der Waals surface area contributed by atoms with Crippen LogP contribution in [-0.4, -0.2) is 11.5 Å². The van der Waals surface area contributed by atoms with E-state index in [4.69, 9.17) is 16.6 Å². The molecule has 2 aromatic rings. The lowest BCUT2D eigenvalue weighted by Crippen LogP contribution is -2.39. The number of benzene rings is 1. The molecule has 2 heterocycles. The summed E-state index contributed by atoms with van der Waals surface area (Å²) in [7, 11) is 0. The molecule has 0 bridgehead atoms. The van der Waals surface area contributed by atoms with Gasteiger partial charge in [-0.15, -0.1) is 11.3 Å². The van der Waals surface area contributed by atoms with Gasteiger partial charge in [-0.25, -0.2) is 4.98 Å². The second kappa shape index (κ2) is 4.48. The maximum absolute atomic E-state index is 6.02. The minimum atomic E-state index is 0.274. The van der Waals surface area contributed by atoms with E-state index in [1.165, 1.54) is 22.5 Å². The Morgan fingerprint density at radius 3 is 3.06 bits per heavy atom. The molecule has 1 saturated heterocycles. The normalized spacial score (nSPS) is 23.4. The summed E-state index contributed by atoms with van der Waals surface area (Å²) in [6, 6.07) is 6.31. The molecule has 1 atom stereocenters. The van der Waals surface area contributed by atoms with Crippen LogP contribution in [0.5, 0.6) is 0 Å². The number of hydrogen-bond acceptors (Lipinski definition) is 3. The predicted octanol–water partition coefficient (Wildman–Crippen LogP) is 4.40. The first kappa shape index (κ1) is 12.4. The lowest BCUT2D eigenvalue weighted by molar-refractivity contribution is 0.181. The van der Waals surface area contributed by atoms with Gasteiger partial charge in [-0.3, -0.25) is 0 Å². The van der Waals surface area contributed by atoms with Crippen molar-refractivity contribution >= 4 is 33.2 Å². The van der Waals surface area contributed by atoms with Crippen LogP contribution in [0.3, 0.4) is 0 Å². The fraction of sp³-hybridized carbons (Fsp3) is 0.500. The van der Waals surface area contributed by atoms with Gasteiger partial charge in [0.1, 0.15) is 5.01 Å². The zero-order chi connectivity index (χ0) is 12.8. The zero-order valence-corrected chi connectivity index (χ0v) is 12.2. The SMILES string of the molecule is CC1(C)CCCNC1c1nc2cc(Cl)ccc2s1. The van der Waals surface area contributed by atoms with Gasteiger partial charge in [0.2, 0.25) is 0 Å². The van der Waals surface area contributed by atoms with Crippen LogP contribution in [0.2, 0.25) is 5.02 Å². The van der Waals surface area contributed by atoms with E-state index in [2.05, 4.69) is 25.2 Å². The summed E-state index contributed by atoms with van der Waals surface area (Å²) < 4.78 is 1.22. The van der Waals surface area contributed by atoms with Gasteiger partial charge in [0.15, 0.2) is 0 Å². The Bertz CT molecular complexity index is 576. The van der Waals surface area contributed by atoms with Crippen LogP contribution >= 0.6 is 22.9 Å². The van der Waals surface area contributed by atoms with E-state index in [9.17, 15) is 0 Å². The van der Waals surface area contributed by atoms with Crippen LogP contribution in [0.15, 0.2) is 18.2 Å². The Labute approximate surface area is 116 Å². The van der Waals surface area contributed by atoms with E-state index in [0.29, 0.717) is 6.04 Å². The summed E-state index contributed by atoms with van der Waals surface area (Å²) >= 11 is 7.80. The first-order valence-electron chi connectivity index (χ1n) is 6.36. The molecule has 0 aliphatic carbocycles. The average molecular weight is 281 g/mol. The number of rotatable bonds is 1. The van der Waals surface area contributed by atoms with Crippen LogP contribution < -0.4 is 5.32 Å². The predicted molar refractivity (Wildman–Crippen MR) is 78.4 cm³/mol. The van der Waals surface area contributed by atoms with E-state index in [-0.39, 0.29) is 5.41 Å². The van der Waals surface area contributed by atoms with Crippen molar-refractivity contribution in [2.24, 2.45) is 5.41 Å². The second-order valence-electron chi connectivity index (χ2n) is 5.64. The average Bonchev–Trinajstić information content (AvgIpc) is 2.70. The molecule has 1 N–H and O–H groups in total. The number of nitrogens with zero attached hydrogens (tertiary/aromatic N) is 1. The maximum Gasteiger partial charge on any atom is 0.111 e. The quantitative estimate of drug-likeness (QED) is 0.837. The van der Waals surface area contributed by atoms with Crippen LogP contribution in [0.1, 0.15) is 37.7 Å². The number of hydrogen-bond donors (Lipinski definition) is 1. The molecule has 1 aliphatic rings. The number of fused-ring (bicyclic) bond motifs is 1. The van der Waals surface area contributed by atoms with Gasteiger partial charge in [0, 0.05) is 5.02 Å². The summed E-state index contributed by atoms with van der Waals surface area (Å²) in [4.78, 5) is 4.76. The third kappa shape index (κ3) is 2.15. The van der Waals surface area contributed by atoms with Crippen LogP contribution in [0.25, 0.3) is 10.2 Å². The Morgan fingerprint density at radius 1 is 1.44 bits per heavy atom. The number of halogens is 1. The minimum absolute atomic E-state index is 0.274. The molecule has 1 unspecified atom stereocenters. The van der Waals surface area contributed by atoms with E-state index in [1.807, 2.05) is 12.1 Å². The number of nitrogens with one attached hydrogen (secondary N) is 1. The molecule has 0 spiro atoms. The molecule has 3 rings (SSSR count). The number of aromatic nitrogens is 1. The molecule has 0 saturated carbocycles. The van der Waals surface area contributed by atoms with Gasteiger partial charge in [-0.2, -0.15) is 0 Å². The summed E-state index contributed by atoms with van der Waals surface area (Å²) in [5.74, 6) is 0. The molecule has 0 radical (unpaired) electrons. The molecule has 1 fully saturated rings. The lowest BCUT2D eigenvalue weighted by atomic mass is 9.78. The van der Waals surface area contributed by atoms with Crippen molar-refractivity contribution in [3.8, 4) is 0 Å². The Kier molecular flexibility index (Phi) is 3.08. The third-order valence-electron chi connectivity index (χ3n) is 3.74. The molecule has 1 aromatic carbocycles. The largest absolute Gasteiger partial charge is 0.307 e.